The third-order valence-electron chi connectivity index (χ3n) is 14.9. The Morgan fingerprint density at radius 3 is 1.32 bits per heavy atom. The van der Waals surface area contributed by atoms with Gasteiger partial charge in [0.05, 0.1) is 16.7 Å². The second-order valence-corrected chi connectivity index (χ2v) is 24.6. The first-order valence-electron chi connectivity index (χ1n) is 24.2. The van der Waals surface area contributed by atoms with Crippen LogP contribution in [-0.2, 0) is 0 Å². The molecular formula is C66H41NOS2Si. The number of benzene rings is 11. The molecule has 5 heteroatoms. The molecule has 4 heterocycles. The summed E-state index contributed by atoms with van der Waals surface area (Å²) in [5, 5.41) is 15.1. The normalized spacial score (nSPS) is 12.2. The molecule has 71 heavy (non-hydrogen) atoms. The third kappa shape index (κ3) is 5.98. The van der Waals surface area contributed by atoms with Crippen molar-refractivity contribution in [2.45, 2.75) is 0 Å². The Balaban J connectivity index is 1.20. The van der Waals surface area contributed by atoms with E-state index in [9.17, 15) is 0 Å². The molecule has 4 aromatic heterocycles. The number of para-hydroxylation sites is 2. The Morgan fingerprint density at radius 1 is 0.296 bits per heavy atom. The first-order chi connectivity index (χ1) is 35.2. The van der Waals surface area contributed by atoms with Crippen molar-refractivity contribution < 1.29 is 4.42 Å². The molecule has 0 saturated carbocycles. The summed E-state index contributed by atoms with van der Waals surface area (Å²) in [4.78, 5) is 0. The number of rotatable bonds is 7. The number of aromatic nitrogens is 1. The lowest BCUT2D eigenvalue weighted by Crippen LogP contribution is -2.74. The maximum Gasteiger partial charge on any atom is 0.179 e. The summed E-state index contributed by atoms with van der Waals surface area (Å²) in [7, 11) is -3.11. The molecule has 0 bridgehead atoms. The van der Waals surface area contributed by atoms with Gasteiger partial charge in [0.1, 0.15) is 11.2 Å². The number of hydrogen-bond acceptors (Lipinski definition) is 3. The summed E-state index contributed by atoms with van der Waals surface area (Å²) in [6, 6.07) is 93.2. The highest BCUT2D eigenvalue weighted by Crippen LogP contribution is 2.49. The van der Waals surface area contributed by atoms with Gasteiger partial charge in [0.25, 0.3) is 0 Å². The van der Waals surface area contributed by atoms with Crippen molar-refractivity contribution in [2.24, 2.45) is 0 Å². The second kappa shape index (κ2) is 15.9. The molecule has 0 aliphatic heterocycles. The molecule has 0 aliphatic rings. The van der Waals surface area contributed by atoms with Crippen molar-refractivity contribution in [3.05, 3.63) is 249 Å². The molecule has 0 spiro atoms. The average molecular weight is 956 g/mol. The number of fused-ring (bicyclic) bond motifs is 12. The fourth-order valence-electron chi connectivity index (χ4n) is 11.9. The molecule has 0 N–H and O–H groups in total. The molecule has 0 saturated heterocycles. The predicted molar refractivity (Wildman–Crippen MR) is 308 cm³/mol. The molecule has 0 aliphatic carbocycles. The van der Waals surface area contributed by atoms with Gasteiger partial charge in [0.2, 0.25) is 0 Å². The maximum absolute atomic E-state index is 6.77. The van der Waals surface area contributed by atoms with E-state index in [0.717, 1.165) is 38.7 Å². The van der Waals surface area contributed by atoms with Crippen LogP contribution in [0, 0.1) is 0 Å². The molecule has 0 amide bonds. The minimum atomic E-state index is -3.11. The first-order valence-corrected chi connectivity index (χ1v) is 27.9. The lowest BCUT2D eigenvalue weighted by atomic mass is 9.93. The van der Waals surface area contributed by atoms with Gasteiger partial charge in [-0.3, -0.25) is 0 Å². The number of furan rings is 1. The molecule has 0 unspecified atom stereocenters. The molecule has 0 atom stereocenters. The predicted octanol–water partition coefficient (Wildman–Crippen LogP) is 16.1. The van der Waals surface area contributed by atoms with Crippen LogP contribution < -0.4 is 20.7 Å². The van der Waals surface area contributed by atoms with E-state index < -0.39 is 8.07 Å². The van der Waals surface area contributed by atoms with Crippen LogP contribution in [-0.4, -0.2) is 12.6 Å². The molecule has 15 aromatic rings. The van der Waals surface area contributed by atoms with Crippen LogP contribution >= 0.6 is 22.7 Å². The van der Waals surface area contributed by atoms with E-state index in [4.69, 9.17) is 4.42 Å². The Kier molecular flexibility index (Phi) is 9.06. The Labute approximate surface area is 418 Å². The summed E-state index contributed by atoms with van der Waals surface area (Å²) in [5.74, 6) is 0. The molecule has 2 nitrogen and oxygen atoms in total. The second-order valence-electron chi connectivity index (χ2n) is 18.6. The van der Waals surface area contributed by atoms with Gasteiger partial charge < -0.3 is 8.98 Å². The minimum Gasteiger partial charge on any atom is -0.456 e. The maximum atomic E-state index is 6.77. The van der Waals surface area contributed by atoms with E-state index in [1.807, 2.05) is 22.7 Å². The van der Waals surface area contributed by atoms with E-state index in [0.29, 0.717) is 0 Å². The monoisotopic (exact) mass is 955 g/mol. The molecule has 332 valence electrons. The summed E-state index contributed by atoms with van der Waals surface area (Å²) in [6.45, 7) is 0. The highest BCUT2D eigenvalue weighted by atomic mass is 32.1. The zero-order valence-corrected chi connectivity index (χ0v) is 41.0. The van der Waals surface area contributed by atoms with E-state index in [-0.39, 0.29) is 0 Å². The summed E-state index contributed by atoms with van der Waals surface area (Å²) in [6.07, 6.45) is 0. The number of hydrogen-bond donors (Lipinski definition) is 0. The zero-order chi connectivity index (χ0) is 46.6. The number of nitrogens with zero attached hydrogens (tertiary/aromatic N) is 1. The Hall–Kier alpha value is -8.32. The van der Waals surface area contributed by atoms with Crippen LogP contribution in [0.15, 0.2) is 253 Å². The Bertz CT molecular complexity index is 4350. The van der Waals surface area contributed by atoms with Gasteiger partial charge in [-0.1, -0.05) is 212 Å². The van der Waals surface area contributed by atoms with Gasteiger partial charge in [-0.05, 0) is 51.1 Å². The standard InChI is InChI=1S/C66H41NOS2Si/c1-4-20-42(21-5-1)71(43-22-6-2-7-23-43,44-24-8-3-9-25-44)45-38-56(52-32-18-30-50-48-28-12-16-36-62(48)69-65(50)52)64(57(39-45)53-33-19-31-51-49-29-13-17-37-63(49)70-66(51)53)67-58-34-14-10-26-46(58)54-40-55-47-27-11-15-35-60(47)68-61(55)41-59(54)67/h1-41H. The van der Waals surface area contributed by atoms with Crippen molar-refractivity contribution in [1.29, 1.82) is 0 Å². The van der Waals surface area contributed by atoms with Crippen molar-refractivity contribution in [2.75, 3.05) is 0 Å². The summed E-state index contributed by atoms with van der Waals surface area (Å²) >= 11 is 3.80. The van der Waals surface area contributed by atoms with Crippen LogP contribution in [0.4, 0.5) is 0 Å². The van der Waals surface area contributed by atoms with Crippen LogP contribution in [0.5, 0.6) is 0 Å². The van der Waals surface area contributed by atoms with Gasteiger partial charge in [-0.15, -0.1) is 22.7 Å². The van der Waals surface area contributed by atoms with Gasteiger partial charge in [0, 0.05) is 90.2 Å². The first kappa shape index (κ1) is 40.6. The minimum absolute atomic E-state index is 0.879. The van der Waals surface area contributed by atoms with Crippen molar-refractivity contribution >= 4 is 136 Å². The quantitative estimate of drug-likeness (QED) is 0.115. The van der Waals surface area contributed by atoms with E-state index in [1.54, 1.807) is 0 Å². The average Bonchev–Trinajstić information content (AvgIpc) is 4.20. The fourth-order valence-corrected chi connectivity index (χ4v) is 19.2. The zero-order valence-electron chi connectivity index (χ0n) is 38.3. The van der Waals surface area contributed by atoms with Crippen molar-refractivity contribution in [3.63, 3.8) is 0 Å². The number of thiophene rings is 2. The molecule has 11 aromatic carbocycles. The van der Waals surface area contributed by atoms with E-state index in [1.165, 1.54) is 94.1 Å². The van der Waals surface area contributed by atoms with Crippen LogP contribution in [0.25, 0.3) is 112 Å². The van der Waals surface area contributed by atoms with Crippen LogP contribution in [0.1, 0.15) is 0 Å². The van der Waals surface area contributed by atoms with Crippen molar-refractivity contribution in [1.82, 2.24) is 4.57 Å². The Morgan fingerprint density at radius 2 is 0.761 bits per heavy atom. The largest absolute Gasteiger partial charge is 0.456 e. The molecule has 0 radical (unpaired) electrons. The van der Waals surface area contributed by atoms with E-state index in [2.05, 4.69) is 253 Å². The third-order valence-corrected chi connectivity index (χ3v) is 22.1. The summed E-state index contributed by atoms with van der Waals surface area (Å²) < 4.78 is 14.5. The smallest absolute Gasteiger partial charge is 0.179 e. The fraction of sp³-hybridized carbons (Fsp3) is 0. The van der Waals surface area contributed by atoms with E-state index >= 15 is 0 Å². The van der Waals surface area contributed by atoms with Crippen LogP contribution in [0.3, 0.4) is 0 Å². The van der Waals surface area contributed by atoms with Gasteiger partial charge >= 0.3 is 0 Å². The van der Waals surface area contributed by atoms with Gasteiger partial charge in [-0.2, -0.15) is 0 Å². The summed E-state index contributed by atoms with van der Waals surface area (Å²) in [5.41, 5.74) is 10.0. The molecule has 15 rings (SSSR count). The topological polar surface area (TPSA) is 18.1 Å². The highest BCUT2D eigenvalue weighted by Gasteiger charge is 2.43. The van der Waals surface area contributed by atoms with Crippen LogP contribution in [0.2, 0.25) is 0 Å². The van der Waals surface area contributed by atoms with Gasteiger partial charge in [-0.25, -0.2) is 0 Å². The lowest BCUT2D eigenvalue weighted by molar-refractivity contribution is 0.669. The molecular weight excluding hydrogens is 915 g/mol. The van der Waals surface area contributed by atoms with Gasteiger partial charge in [0.15, 0.2) is 8.07 Å². The van der Waals surface area contributed by atoms with Crippen molar-refractivity contribution in [3.8, 4) is 27.9 Å². The lowest BCUT2D eigenvalue weighted by Gasteiger charge is -2.36. The SMILES string of the molecule is c1ccc([Si](c2ccccc2)(c2ccccc2)c2cc(-c3cccc4c3sc3ccccc34)c(-n3c4ccccc4c4cc5c(cc43)oc3ccccc35)c(-c3cccc4c3sc3ccccc34)c2)cc1. The molecule has 0 fully saturated rings. The highest BCUT2D eigenvalue weighted by molar-refractivity contribution is 7.27.